The zero-order chi connectivity index (χ0) is 26.2. The highest BCUT2D eigenvalue weighted by molar-refractivity contribution is 6.31. The number of nitrogens with zero attached hydrogens (tertiary/aromatic N) is 5. The molecule has 8 nitrogen and oxygen atoms in total. The Labute approximate surface area is 213 Å². The van der Waals surface area contributed by atoms with Gasteiger partial charge in [0.2, 0.25) is 0 Å². The van der Waals surface area contributed by atoms with Crippen molar-refractivity contribution in [3.8, 4) is 17.0 Å². The van der Waals surface area contributed by atoms with Crippen molar-refractivity contribution in [1.29, 1.82) is 0 Å². The lowest BCUT2D eigenvalue weighted by Crippen LogP contribution is -2.16. The van der Waals surface area contributed by atoms with Crippen molar-refractivity contribution in [2.75, 3.05) is 12.4 Å². The number of halogens is 4. The van der Waals surface area contributed by atoms with Gasteiger partial charge in [0, 0.05) is 22.8 Å². The van der Waals surface area contributed by atoms with E-state index >= 15 is 0 Å². The molecule has 0 fully saturated rings. The number of nitrogens with one attached hydrogen (secondary N) is 1. The third-order valence-corrected chi connectivity index (χ3v) is 5.93. The number of rotatable bonds is 6. The van der Waals surface area contributed by atoms with Gasteiger partial charge in [-0.3, -0.25) is 9.48 Å². The summed E-state index contributed by atoms with van der Waals surface area (Å²) < 4.78 is 48.9. The molecule has 0 aliphatic rings. The van der Waals surface area contributed by atoms with E-state index in [1.165, 1.54) is 7.11 Å². The molecule has 5 aromatic rings. The number of benzene rings is 2. The highest BCUT2D eigenvalue weighted by Crippen LogP contribution is 2.33. The van der Waals surface area contributed by atoms with Crippen molar-refractivity contribution < 1.29 is 22.7 Å². The molecule has 2 aromatic carbocycles. The van der Waals surface area contributed by atoms with E-state index in [2.05, 4.69) is 20.5 Å². The van der Waals surface area contributed by atoms with Crippen LogP contribution in [0.1, 0.15) is 21.6 Å². The van der Waals surface area contributed by atoms with Gasteiger partial charge in [0.1, 0.15) is 11.3 Å². The molecule has 3 heterocycles. The topological polar surface area (TPSA) is 86.3 Å². The predicted octanol–water partition coefficient (Wildman–Crippen LogP) is 5.57. The maximum atomic E-state index is 13.9. The van der Waals surface area contributed by atoms with Crippen molar-refractivity contribution >= 4 is 29.0 Å². The van der Waals surface area contributed by atoms with Crippen LogP contribution in [0.4, 0.5) is 19.0 Å². The first-order valence-corrected chi connectivity index (χ1v) is 11.3. The fourth-order valence-electron chi connectivity index (χ4n) is 3.74. The Morgan fingerprint density at radius 1 is 1.11 bits per heavy atom. The third kappa shape index (κ3) is 4.98. The minimum Gasteiger partial charge on any atom is -0.497 e. The van der Waals surface area contributed by atoms with Crippen LogP contribution in [-0.2, 0) is 12.7 Å². The Bertz CT molecular complexity index is 1590. The number of fused-ring (bicyclic) bond motifs is 1. The van der Waals surface area contributed by atoms with Crippen molar-refractivity contribution in [2.45, 2.75) is 12.7 Å². The van der Waals surface area contributed by atoms with Crippen molar-refractivity contribution in [2.24, 2.45) is 0 Å². The van der Waals surface area contributed by atoms with Gasteiger partial charge in [-0.15, -0.1) is 0 Å². The monoisotopic (exact) mass is 526 g/mol. The number of anilines is 1. The first-order chi connectivity index (χ1) is 17.7. The van der Waals surface area contributed by atoms with Gasteiger partial charge in [-0.2, -0.15) is 23.4 Å². The molecule has 12 heteroatoms. The summed E-state index contributed by atoms with van der Waals surface area (Å²) in [6.45, 7) is 0.369. The maximum absolute atomic E-state index is 13.9. The first kappa shape index (κ1) is 24.3. The fourth-order valence-corrected chi connectivity index (χ4v) is 3.93. The van der Waals surface area contributed by atoms with Crippen molar-refractivity contribution in [3.63, 3.8) is 0 Å². The Morgan fingerprint density at radius 3 is 2.57 bits per heavy atom. The highest BCUT2D eigenvalue weighted by Gasteiger charge is 2.36. The van der Waals surface area contributed by atoms with Crippen LogP contribution in [0.2, 0.25) is 5.02 Å². The molecule has 37 heavy (non-hydrogen) atoms. The van der Waals surface area contributed by atoms with Crippen LogP contribution in [0, 0.1) is 0 Å². The second kappa shape index (κ2) is 9.58. The average Bonchev–Trinajstić information content (AvgIpc) is 3.51. The minimum absolute atomic E-state index is 0.0287. The first-order valence-electron chi connectivity index (χ1n) is 10.9. The van der Waals surface area contributed by atoms with Gasteiger partial charge < -0.3 is 10.1 Å². The molecule has 0 unspecified atom stereocenters. The van der Waals surface area contributed by atoms with Gasteiger partial charge in [0.05, 0.1) is 25.5 Å². The van der Waals surface area contributed by atoms with Crippen LogP contribution < -0.4 is 10.1 Å². The standard InChI is InChI=1S/C25H18ClF3N6O2/c1-37-17-8-6-15(7-9-17)20-12-21(25(27,28)29)35-23(31-20)18(13-30-35)24(36)32-22-10-11-34(33-22)14-16-4-2-3-5-19(16)26/h2-13H,14H2,1H3,(H,32,33,36). The van der Waals surface area contributed by atoms with E-state index in [1.54, 1.807) is 47.3 Å². The molecule has 0 bridgehead atoms. The van der Waals surface area contributed by atoms with E-state index in [4.69, 9.17) is 16.3 Å². The molecule has 0 spiro atoms. The van der Waals surface area contributed by atoms with E-state index in [-0.39, 0.29) is 22.7 Å². The van der Waals surface area contributed by atoms with Crippen LogP contribution in [0.3, 0.4) is 0 Å². The average molecular weight is 527 g/mol. The zero-order valence-electron chi connectivity index (χ0n) is 19.2. The van der Waals surface area contributed by atoms with Gasteiger partial charge in [0.25, 0.3) is 5.91 Å². The lowest BCUT2D eigenvalue weighted by Gasteiger charge is -2.12. The molecular formula is C25H18ClF3N6O2. The SMILES string of the molecule is COc1ccc(-c2cc(C(F)(F)F)n3ncc(C(=O)Nc4ccn(Cc5ccccc5Cl)n4)c3n2)cc1. The summed E-state index contributed by atoms with van der Waals surface area (Å²) in [5, 5.41) is 11.3. The second-order valence-electron chi connectivity index (χ2n) is 7.99. The summed E-state index contributed by atoms with van der Waals surface area (Å²) in [5.74, 6) is 0.0449. The Kier molecular flexibility index (Phi) is 6.30. The summed E-state index contributed by atoms with van der Waals surface area (Å²) >= 11 is 6.19. The van der Waals surface area contributed by atoms with E-state index < -0.39 is 17.8 Å². The number of hydrogen-bond donors (Lipinski definition) is 1. The number of carbonyl (C=O) groups is 1. The number of aromatic nitrogens is 5. The largest absolute Gasteiger partial charge is 0.497 e. The lowest BCUT2D eigenvalue weighted by molar-refractivity contribution is -0.142. The molecule has 5 rings (SSSR count). The molecule has 0 aliphatic carbocycles. The van der Waals surface area contributed by atoms with Crippen molar-refractivity contribution in [1.82, 2.24) is 24.4 Å². The molecule has 3 aromatic heterocycles. The minimum atomic E-state index is -4.74. The van der Waals surface area contributed by atoms with Gasteiger partial charge >= 0.3 is 6.18 Å². The maximum Gasteiger partial charge on any atom is 0.433 e. The summed E-state index contributed by atoms with van der Waals surface area (Å²) in [5.41, 5.74) is -0.162. The number of methoxy groups -OCH3 is 1. The molecule has 1 N–H and O–H groups in total. The Hall–Kier alpha value is -4.38. The van der Waals surface area contributed by atoms with Gasteiger partial charge in [0.15, 0.2) is 17.2 Å². The summed E-state index contributed by atoms with van der Waals surface area (Å²) in [4.78, 5) is 17.4. The Morgan fingerprint density at radius 2 is 1.86 bits per heavy atom. The van der Waals surface area contributed by atoms with Crippen molar-refractivity contribution in [3.05, 3.63) is 94.9 Å². The third-order valence-electron chi connectivity index (χ3n) is 5.57. The smallest absolute Gasteiger partial charge is 0.433 e. The highest BCUT2D eigenvalue weighted by atomic mass is 35.5. The van der Waals surface area contributed by atoms with Gasteiger partial charge in [-0.05, 0) is 42.0 Å². The number of hydrogen-bond acceptors (Lipinski definition) is 5. The van der Waals surface area contributed by atoms with Crippen LogP contribution in [-0.4, -0.2) is 37.4 Å². The number of ether oxygens (including phenoxy) is 1. The normalized spacial score (nSPS) is 11.6. The molecule has 0 saturated heterocycles. The van der Waals surface area contributed by atoms with Crippen LogP contribution in [0.5, 0.6) is 5.75 Å². The summed E-state index contributed by atoms with van der Waals surface area (Å²) in [6, 6.07) is 16.1. The van der Waals surface area contributed by atoms with E-state index in [0.29, 0.717) is 27.4 Å². The summed E-state index contributed by atoms with van der Waals surface area (Å²) in [6.07, 6.45) is -2.04. The van der Waals surface area contributed by atoms with Crippen LogP contribution in [0.15, 0.2) is 73.1 Å². The molecular weight excluding hydrogens is 509 g/mol. The molecule has 1 amide bonds. The van der Waals surface area contributed by atoms with Gasteiger partial charge in [-0.25, -0.2) is 9.50 Å². The van der Waals surface area contributed by atoms with E-state index in [0.717, 1.165) is 17.8 Å². The van der Waals surface area contributed by atoms with Crippen LogP contribution >= 0.6 is 11.6 Å². The van der Waals surface area contributed by atoms with Gasteiger partial charge in [-0.1, -0.05) is 29.8 Å². The summed E-state index contributed by atoms with van der Waals surface area (Å²) in [7, 11) is 1.48. The molecule has 0 atom stereocenters. The van der Waals surface area contributed by atoms with E-state index in [1.807, 2.05) is 18.2 Å². The predicted molar refractivity (Wildman–Crippen MR) is 131 cm³/mol. The fraction of sp³-hybridized carbons (Fsp3) is 0.120. The molecule has 0 radical (unpaired) electrons. The number of alkyl halides is 3. The lowest BCUT2D eigenvalue weighted by atomic mass is 10.1. The zero-order valence-corrected chi connectivity index (χ0v) is 20.0. The van der Waals surface area contributed by atoms with Crippen LogP contribution in [0.25, 0.3) is 16.9 Å². The van der Waals surface area contributed by atoms with E-state index in [9.17, 15) is 18.0 Å². The number of amides is 1. The Balaban J connectivity index is 1.47. The number of carbonyl (C=O) groups excluding carboxylic acids is 1. The molecule has 0 aliphatic heterocycles. The quantitative estimate of drug-likeness (QED) is 0.312. The second-order valence-corrected chi connectivity index (χ2v) is 8.40. The molecule has 0 saturated carbocycles. The molecule has 188 valence electrons.